The Morgan fingerprint density at radius 1 is 1.57 bits per heavy atom. The molecule has 0 N–H and O–H groups in total. The number of benzene rings is 1. The molecule has 1 atom stereocenters. The van der Waals surface area contributed by atoms with Crippen LogP contribution in [0.4, 0.5) is 0 Å². The molecular formula is C11H12O3. The zero-order valence-corrected chi connectivity index (χ0v) is 8.03. The molecule has 0 aromatic heterocycles. The monoisotopic (exact) mass is 192 g/mol. The summed E-state index contributed by atoms with van der Waals surface area (Å²) in [5, 5.41) is 0. The number of rotatable bonds is 2. The lowest BCUT2D eigenvalue weighted by atomic mass is 10.0. The molecule has 14 heavy (non-hydrogen) atoms. The van der Waals surface area contributed by atoms with E-state index in [-0.39, 0.29) is 11.9 Å². The van der Waals surface area contributed by atoms with Crippen molar-refractivity contribution in [3.8, 4) is 5.75 Å². The smallest absolute Gasteiger partial charge is 0.317 e. The van der Waals surface area contributed by atoms with Gasteiger partial charge in [0.25, 0.3) is 0 Å². The van der Waals surface area contributed by atoms with Crippen molar-refractivity contribution < 1.29 is 14.3 Å². The topological polar surface area (TPSA) is 35.5 Å². The maximum atomic E-state index is 11.5. The number of carbonyl (C=O) groups excluding carboxylic acids is 1. The first-order valence-electron chi connectivity index (χ1n) is 4.71. The number of carbonyl (C=O) groups is 1. The third-order valence-corrected chi connectivity index (χ3v) is 2.27. The first-order chi connectivity index (χ1) is 6.83. The van der Waals surface area contributed by atoms with E-state index in [0.29, 0.717) is 13.2 Å². The summed E-state index contributed by atoms with van der Waals surface area (Å²) in [4.78, 5) is 11.5. The molecule has 0 aliphatic carbocycles. The molecule has 1 aromatic rings. The van der Waals surface area contributed by atoms with Gasteiger partial charge in [-0.1, -0.05) is 18.2 Å². The summed E-state index contributed by atoms with van der Waals surface area (Å²) in [6.45, 7) is 2.62. The fourth-order valence-electron chi connectivity index (χ4n) is 1.60. The fourth-order valence-corrected chi connectivity index (χ4v) is 1.60. The molecule has 1 heterocycles. The normalized spacial score (nSPS) is 18.5. The van der Waals surface area contributed by atoms with Crippen molar-refractivity contribution in [1.82, 2.24) is 0 Å². The van der Waals surface area contributed by atoms with Crippen LogP contribution in [0.15, 0.2) is 24.3 Å². The van der Waals surface area contributed by atoms with Gasteiger partial charge in [-0.3, -0.25) is 4.79 Å². The number of esters is 1. The van der Waals surface area contributed by atoms with Gasteiger partial charge >= 0.3 is 5.97 Å². The largest absolute Gasteiger partial charge is 0.492 e. The third kappa shape index (κ3) is 1.45. The van der Waals surface area contributed by atoms with Crippen molar-refractivity contribution in [2.24, 2.45) is 0 Å². The predicted octanol–water partition coefficient (Wildman–Crippen LogP) is 1.73. The van der Waals surface area contributed by atoms with Gasteiger partial charge in [0.2, 0.25) is 0 Å². The van der Waals surface area contributed by atoms with E-state index in [0.717, 1.165) is 11.3 Å². The van der Waals surface area contributed by atoms with Gasteiger partial charge in [0.1, 0.15) is 18.3 Å². The van der Waals surface area contributed by atoms with E-state index >= 15 is 0 Å². The van der Waals surface area contributed by atoms with E-state index in [1.807, 2.05) is 24.3 Å². The summed E-state index contributed by atoms with van der Waals surface area (Å²) in [6.07, 6.45) is 0. The molecule has 2 rings (SSSR count). The predicted molar refractivity (Wildman–Crippen MR) is 51.3 cm³/mol. The molecule has 1 aromatic carbocycles. The maximum absolute atomic E-state index is 11.5. The van der Waals surface area contributed by atoms with E-state index in [1.165, 1.54) is 0 Å². The summed E-state index contributed by atoms with van der Waals surface area (Å²) in [5.74, 6) is 0.356. The van der Waals surface area contributed by atoms with Crippen molar-refractivity contribution >= 4 is 5.97 Å². The average Bonchev–Trinajstić information content (AvgIpc) is 2.61. The van der Waals surface area contributed by atoms with Crippen molar-refractivity contribution in [3.05, 3.63) is 29.8 Å². The molecule has 3 heteroatoms. The molecule has 0 bridgehead atoms. The van der Waals surface area contributed by atoms with Crippen molar-refractivity contribution in [1.29, 1.82) is 0 Å². The highest BCUT2D eigenvalue weighted by Gasteiger charge is 2.30. The van der Waals surface area contributed by atoms with Crippen LogP contribution in [0, 0.1) is 0 Å². The number of ether oxygens (including phenoxy) is 2. The standard InChI is InChI=1S/C11H12O3/c1-2-13-11(12)9-7-14-10-6-4-3-5-8(9)10/h3-6,9H,2,7H2,1H3. The van der Waals surface area contributed by atoms with Gasteiger partial charge in [0, 0.05) is 5.56 Å². The Bertz CT molecular complexity index is 346. The lowest BCUT2D eigenvalue weighted by Gasteiger charge is -2.06. The van der Waals surface area contributed by atoms with Gasteiger partial charge < -0.3 is 9.47 Å². The molecular weight excluding hydrogens is 180 g/mol. The summed E-state index contributed by atoms with van der Waals surface area (Å²) in [5.41, 5.74) is 0.936. The summed E-state index contributed by atoms with van der Waals surface area (Å²) < 4.78 is 10.3. The van der Waals surface area contributed by atoms with Gasteiger partial charge in [-0.2, -0.15) is 0 Å². The van der Waals surface area contributed by atoms with Gasteiger partial charge in [0.05, 0.1) is 6.61 Å². The molecule has 0 saturated heterocycles. The van der Waals surface area contributed by atoms with E-state index in [9.17, 15) is 4.79 Å². The van der Waals surface area contributed by atoms with Crippen LogP contribution >= 0.6 is 0 Å². The van der Waals surface area contributed by atoms with Crippen LogP contribution in [-0.2, 0) is 9.53 Å². The minimum atomic E-state index is -0.244. The number of hydrogen-bond donors (Lipinski definition) is 0. The Kier molecular flexibility index (Phi) is 2.39. The molecule has 1 unspecified atom stereocenters. The van der Waals surface area contributed by atoms with Gasteiger partial charge in [-0.05, 0) is 13.0 Å². The van der Waals surface area contributed by atoms with Crippen molar-refractivity contribution in [3.63, 3.8) is 0 Å². The van der Waals surface area contributed by atoms with Crippen molar-refractivity contribution in [2.45, 2.75) is 12.8 Å². The van der Waals surface area contributed by atoms with Crippen LogP contribution in [0.2, 0.25) is 0 Å². The Balaban J connectivity index is 2.21. The molecule has 0 saturated carbocycles. The first-order valence-corrected chi connectivity index (χ1v) is 4.71. The number of fused-ring (bicyclic) bond motifs is 1. The second-order valence-corrected chi connectivity index (χ2v) is 3.15. The maximum Gasteiger partial charge on any atom is 0.317 e. The zero-order valence-electron chi connectivity index (χ0n) is 8.03. The zero-order chi connectivity index (χ0) is 9.97. The summed E-state index contributed by atoms with van der Waals surface area (Å²) >= 11 is 0. The van der Waals surface area contributed by atoms with Gasteiger partial charge in [-0.15, -0.1) is 0 Å². The van der Waals surface area contributed by atoms with E-state index in [1.54, 1.807) is 6.92 Å². The van der Waals surface area contributed by atoms with Crippen LogP contribution in [0.5, 0.6) is 5.75 Å². The Morgan fingerprint density at radius 2 is 2.36 bits per heavy atom. The minimum Gasteiger partial charge on any atom is -0.492 e. The number of para-hydroxylation sites is 1. The first kappa shape index (κ1) is 9.06. The molecule has 1 aliphatic rings. The van der Waals surface area contributed by atoms with Crippen LogP contribution in [0.25, 0.3) is 0 Å². The molecule has 0 amide bonds. The molecule has 1 aliphatic heterocycles. The lowest BCUT2D eigenvalue weighted by molar-refractivity contribution is -0.145. The average molecular weight is 192 g/mol. The summed E-state index contributed by atoms with van der Waals surface area (Å²) in [7, 11) is 0. The van der Waals surface area contributed by atoms with Gasteiger partial charge in [-0.25, -0.2) is 0 Å². The Hall–Kier alpha value is -1.51. The molecule has 0 fully saturated rings. The van der Waals surface area contributed by atoms with E-state index in [2.05, 4.69) is 0 Å². The van der Waals surface area contributed by atoms with Gasteiger partial charge in [0.15, 0.2) is 0 Å². The van der Waals surface area contributed by atoms with Crippen molar-refractivity contribution in [2.75, 3.05) is 13.2 Å². The quantitative estimate of drug-likeness (QED) is 0.669. The minimum absolute atomic E-state index is 0.197. The second kappa shape index (κ2) is 3.70. The highest BCUT2D eigenvalue weighted by molar-refractivity contribution is 5.80. The van der Waals surface area contributed by atoms with Crippen LogP contribution in [0.1, 0.15) is 18.4 Å². The SMILES string of the molecule is CCOC(=O)C1COc2ccccc21. The third-order valence-electron chi connectivity index (χ3n) is 2.27. The number of hydrogen-bond acceptors (Lipinski definition) is 3. The van der Waals surface area contributed by atoms with E-state index in [4.69, 9.17) is 9.47 Å². The lowest BCUT2D eigenvalue weighted by Crippen LogP contribution is -2.16. The Morgan fingerprint density at radius 3 is 3.14 bits per heavy atom. The molecule has 3 nitrogen and oxygen atoms in total. The van der Waals surface area contributed by atoms with Crippen LogP contribution in [-0.4, -0.2) is 19.2 Å². The summed E-state index contributed by atoms with van der Waals surface area (Å²) in [6, 6.07) is 7.57. The molecule has 0 radical (unpaired) electrons. The fraction of sp³-hybridized carbons (Fsp3) is 0.364. The highest BCUT2D eigenvalue weighted by Crippen LogP contribution is 2.33. The Labute approximate surface area is 82.6 Å². The molecule has 0 spiro atoms. The molecule has 74 valence electrons. The second-order valence-electron chi connectivity index (χ2n) is 3.15. The van der Waals surface area contributed by atoms with Crippen LogP contribution in [0.3, 0.4) is 0 Å². The van der Waals surface area contributed by atoms with E-state index < -0.39 is 0 Å². The highest BCUT2D eigenvalue weighted by atomic mass is 16.5. The van der Waals surface area contributed by atoms with Crippen LogP contribution < -0.4 is 4.74 Å².